The van der Waals surface area contributed by atoms with Gasteiger partial charge in [-0.05, 0) is 30.3 Å². The monoisotopic (exact) mass is 298 g/mol. The van der Waals surface area contributed by atoms with Crippen LogP contribution in [-0.2, 0) is 0 Å². The highest BCUT2D eigenvalue weighted by Crippen LogP contribution is 2.30. The van der Waals surface area contributed by atoms with Gasteiger partial charge in [-0.1, -0.05) is 29.3 Å². The molecule has 0 spiro atoms. The molecule has 0 radical (unpaired) electrons. The molecule has 0 aliphatic carbocycles. The number of carbonyl (C=O) groups is 1. The predicted molar refractivity (Wildman–Crippen MR) is 75.2 cm³/mol. The average molecular weight is 299 g/mol. The van der Waals surface area contributed by atoms with Crippen LogP contribution in [0.15, 0.2) is 36.4 Å². The van der Waals surface area contributed by atoms with E-state index in [1.165, 1.54) is 6.07 Å². The van der Waals surface area contributed by atoms with Crippen LogP contribution in [-0.4, -0.2) is 5.91 Å². The number of nitrogen functional groups attached to an aromatic ring is 1. The Bertz CT molecular complexity index is 626. The number of carbonyl (C=O) groups excluding carboxylic acids is 1. The van der Waals surface area contributed by atoms with E-state index in [4.69, 9.17) is 28.9 Å². The molecule has 98 valence electrons. The third-order valence-corrected chi connectivity index (χ3v) is 3.09. The third kappa shape index (κ3) is 2.97. The number of para-hydroxylation sites is 1. The molecule has 0 unspecified atom stereocenters. The SMILES string of the molecule is Nc1cc(F)ccc1C(=O)Nc1c(Cl)cccc1Cl. The Hall–Kier alpha value is -1.78. The van der Waals surface area contributed by atoms with Crippen molar-refractivity contribution in [2.45, 2.75) is 0 Å². The summed E-state index contributed by atoms with van der Waals surface area (Å²) in [7, 11) is 0. The lowest BCUT2D eigenvalue weighted by Crippen LogP contribution is -2.14. The zero-order valence-corrected chi connectivity index (χ0v) is 11.1. The van der Waals surface area contributed by atoms with Crippen molar-refractivity contribution in [2.24, 2.45) is 0 Å². The molecule has 0 saturated carbocycles. The zero-order chi connectivity index (χ0) is 14.0. The summed E-state index contributed by atoms with van der Waals surface area (Å²) in [6, 6.07) is 8.37. The van der Waals surface area contributed by atoms with Crippen LogP contribution >= 0.6 is 23.2 Å². The van der Waals surface area contributed by atoms with E-state index in [0.717, 1.165) is 12.1 Å². The Morgan fingerprint density at radius 3 is 2.37 bits per heavy atom. The first-order valence-corrected chi connectivity index (χ1v) is 6.05. The summed E-state index contributed by atoms with van der Waals surface area (Å²) in [5, 5.41) is 3.16. The fraction of sp³-hybridized carbons (Fsp3) is 0. The Kier molecular flexibility index (Phi) is 3.93. The van der Waals surface area contributed by atoms with E-state index in [2.05, 4.69) is 5.32 Å². The number of nitrogens with two attached hydrogens (primary N) is 1. The smallest absolute Gasteiger partial charge is 0.257 e. The molecule has 1 amide bonds. The fourth-order valence-electron chi connectivity index (χ4n) is 1.54. The number of hydrogen-bond acceptors (Lipinski definition) is 2. The molecule has 0 fully saturated rings. The second-order valence-electron chi connectivity index (χ2n) is 3.78. The summed E-state index contributed by atoms with van der Waals surface area (Å²) in [5.74, 6) is -1.02. The highest BCUT2D eigenvalue weighted by molar-refractivity contribution is 6.40. The van der Waals surface area contributed by atoms with Crippen LogP contribution in [0.4, 0.5) is 15.8 Å². The minimum Gasteiger partial charge on any atom is -0.398 e. The lowest BCUT2D eigenvalue weighted by molar-refractivity contribution is 0.102. The van der Waals surface area contributed by atoms with Crippen molar-refractivity contribution < 1.29 is 9.18 Å². The van der Waals surface area contributed by atoms with E-state index in [-0.39, 0.29) is 11.3 Å². The second kappa shape index (κ2) is 5.47. The number of rotatable bonds is 2. The molecule has 2 aromatic rings. The molecule has 3 N–H and O–H groups in total. The number of amides is 1. The molecule has 19 heavy (non-hydrogen) atoms. The van der Waals surface area contributed by atoms with Gasteiger partial charge in [-0.25, -0.2) is 4.39 Å². The van der Waals surface area contributed by atoms with Crippen molar-refractivity contribution in [3.05, 3.63) is 57.8 Å². The minimum absolute atomic E-state index is 0.0423. The summed E-state index contributed by atoms with van der Waals surface area (Å²) in [4.78, 5) is 12.0. The van der Waals surface area contributed by atoms with Gasteiger partial charge in [0, 0.05) is 5.69 Å². The van der Waals surface area contributed by atoms with Crippen LogP contribution in [0, 0.1) is 5.82 Å². The van der Waals surface area contributed by atoms with E-state index >= 15 is 0 Å². The highest BCUT2D eigenvalue weighted by atomic mass is 35.5. The molecule has 6 heteroatoms. The largest absolute Gasteiger partial charge is 0.398 e. The van der Waals surface area contributed by atoms with Gasteiger partial charge in [-0.15, -0.1) is 0 Å². The molecular weight excluding hydrogens is 290 g/mol. The van der Waals surface area contributed by atoms with E-state index in [1.807, 2.05) is 0 Å². The topological polar surface area (TPSA) is 55.1 Å². The highest BCUT2D eigenvalue weighted by Gasteiger charge is 2.14. The van der Waals surface area contributed by atoms with Crippen LogP contribution in [0.2, 0.25) is 10.0 Å². The van der Waals surface area contributed by atoms with Gasteiger partial charge < -0.3 is 11.1 Å². The molecule has 3 nitrogen and oxygen atoms in total. The van der Waals surface area contributed by atoms with Crippen LogP contribution in [0.3, 0.4) is 0 Å². The maximum Gasteiger partial charge on any atom is 0.257 e. The molecule has 0 aliphatic heterocycles. The zero-order valence-electron chi connectivity index (χ0n) is 9.58. The van der Waals surface area contributed by atoms with Gasteiger partial charge in [0.2, 0.25) is 0 Å². The number of benzene rings is 2. The Morgan fingerprint density at radius 1 is 1.16 bits per heavy atom. The first-order valence-electron chi connectivity index (χ1n) is 5.29. The van der Waals surface area contributed by atoms with Gasteiger partial charge in [-0.3, -0.25) is 4.79 Å². The first-order chi connectivity index (χ1) is 8.99. The summed E-state index contributed by atoms with van der Waals surface area (Å²) < 4.78 is 12.9. The van der Waals surface area contributed by atoms with Crippen molar-refractivity contribution in [3.63, 3.8) is 0 Å². The molecule has 0 bridgehead atoms. The molecule has 0 atom stereocenters. The van der Waals surface area contributed by atoms with Crippen molar-refractivity contribution >= 4 is 40.5 Å². The van der Waals surface area contributed by atoms with Crippen molar-refractivity contribution in [1.29, 1.82) is 0 Å². The molecule has 2 aromatic carbocycles. The summed E-state index contributed by atoms with van der Waals surface area (Å²) >= 11 is 11.9. The van der Waals surface area contributed by atoms with Gasteiger partial charge in [0.1, 0.15) is 5.82 Å². The molecule has 0 aromatic heterocycles. The van der Waals surface area contributed by atoms with E-state index < -0.39 is 11.7 Å². The van der Waals surface area contributed by atoms with Crippen LogP contribution < -0.4 is 11.1 Å². The van der Waals surface area contributed by atoms with Gasteiger partial charge in [0.05, 0.1) is 21.3 Å². The normalized spacial score (nSPS) is 10.3. The number of hydrogen-bond donors (Lipinski definition) is 2. The van der Waals surface area contributed by atoms with Crippen molar-refractivity contribution in [1.82, 2.24) is 0 Å². The van der Waals surface area contributed by atoms with Crippen LogP contribution in [0.25, 0.3) is 0 Å². The second-order valence-corrected chi connectivity index (χ2v) is 4.60. The first kappa shape index (κ1) is 13.6. The van der Waals surface area contributed by atoms with Crippen LogP contribution in [0.5, 0.6) is 0 Å². The Balaban J connectivity index is 2.31. The fourth-order valence-corrected chi connectivity index (χ4v) is 2.03. The van der Waals surface area contributed by atoms with Gasteiger partial charge in [0.15, 0.2) is 0 Å². The van der Waals surface area contributed by atoms with E-state index in [1.54, 1.807) is 18.2 Å². The number of halogens is 3. The predicted octanol–water partition coefficient (Wildman–Crippen LogP) is 3.97. The summed E-state index contributed by atoms with van der Waals surface area (Å²) in [6.45, 7) is 0. The molecule has 2 rings (SSSR count). The van der Waals surface area contributed by atoms with Crippen molar-refractivity contribution in [2.75, 3.05) is 11.1 Å². The van der Waals surface area contributed by atoms with E-state index in [9.17, 15) is 9.18 Å². The quantitative estimate of drug-likeness (QED) is 0.824. The minimum atomic E-state index is -0.509. The van der Waals surface area contributed by atoms with Gasteiger partial charge in [-0.2, -0.15) is 0 Å². The van der Waals surface area contributed by atoms with E-state index in [0.29, 0.717) is 15.7 Å². The summed E-state index contributed by atoms with van der Waals surface area (Å²) in [5.41, 5.74) is 6.07. The Labute approximate surface area is 119 Å². The van der Waals surface area contributed by atoms with Crippen LogP contribution in [0.1, 0.15) is 10.4 Å². The van der Waals surface area contributed by atoms with Gasteiger partial charge in [0.25, 0.3) is 5.91 Å². The third-order valence-electron chi connectivity index (χ3n) is 2.46. The van der Waals surface area contributed by atoms with Gasteiger partial charge >= 0.3 is 0 Å². The maximum absolute atomic E-state index is 12.9. The molecular formula is C13H9Cl2FN2O. The average Bonchev–Trinajstić information content (AvgIpc) is 2.33. The number of anilines is 2. The summed E-state index contributed by atoms with van der Waals surface area (Å²) in [6.07, 6.45) is 0. The lowest BCUT2D eigenvalue weighted by atomic mass is 10.1. The number of nitrogens with one attached hydrogen (secondary N) is 1. The lowest BCUT2D eigenvalue weighted by Gasteiger charge is -2.10. The molecule has 0 heterocycles. The van der Waals surface area contributed by atoms with Crippen molar-refractivity contribution in [3.8, 4) is 0 Å². The maximum atomic E-state index is 12.9. The molecule has 0 aliphatic rings. The standard InChI is InChI=1S/C13H9Cl2FN2O/c14-9-2-1-3-10(15)12(9)18-13(19)8-5-4-7(16)6-11(8)17/h1-6H,17H2,(H,18,19). The molecule has 0 saturated heterocycles. The Morgan fingerprint density at radius 2 is 1.79 bits per heavy atom.